The molecule has 17 aromatic rings. The van der Waals surface area contributed by atoms with Gasteiger partial charge in [0.05, 0.1) is 56.9 Å². The van der Waals surface area contributed by atoms with Crippen molar-refractivity contribution in [3.63, 3.8) is 0 Å². The maximum atomic E-state index is 8.48. The van der Waals surface area contributed by atoms with E-state index in [4.69, 9.17) is 30.4 Å². The molecule has 17 nitrogen and oxygen atoms in total. The van der Waals surface area contributed by atoms with Gasteiger partial charge in [0.15, 0.2) is 0 Å². The van der Waals surface area contributed by atoms with Gasteiger partial charge in [-0.2, -0.15) is 30.6 Å². The fourth-order valence-electron chi connectivity index (χ4n) is 11.7. The molecule has 6 heterocycles. The largest absolute Gasteiger partial charge is 0.480 e. The van der Waals surface area contributed by atoms with Crippen LogP contribution >= 0.6 is 113 Å². The number of benzene rings is 11. The summed E-state index contributed by atoms with van der Waals surface area (Å²) in [7, 11) is -3.49. The van der Waals surface area contributed by atoms with Crippen molar-refractivity contribution in [3.05, 3.63) is 348 Å². The Bertz CT molecular complexity index is 6110. The molecule has 0 radical (unpaired) electrons. The minimum atomic E-state index is -1.37. The molecule has 25 heteroatoms. The van der Waals surface area contributed by atoms with Gasteiger partial charge in [0.1, 0.15) is 20.9 Å². The van der Waals surface area contributed by atoms with Crippen molar-refractivity contribution >= 4 is 262 Å². The number of aromatic nitrogens is 12. The zero-order valence-electron chi connectivity index (χ0n) is 66.8. The molecule has 11 aromatic carbocycles. The Balaban J connectivity index is 0.000000155. The zero-order valence-corrected chi connectivity index (χ0v) is 79.6. The summed E-state index contributed by atoms with van der Waals surface area (Å²) < 4.78 is 21.6. The van der Waals surface area contributed by atoms with Gasteiger partial charge < -0.3 is 25.3 Å². The lowest BCUT2D eigenvalue weighted by molar-refractivity contribution is 0.0814. The summed E-state index contributed by atoms with van der Waals surface area (Å²) in [5.41, 5.74) is 22.6. The highest BCUT2D eigenvalue weighted by Crippen LogP contribution is 2.28. The molecule has 6 aromatic heterocycles. The maximum Gasteiger partial charge on any atom is 0.480 e. The standard InChI is InChI=1S/C29H32N2OSi.C23H18N2.C13H18I2N2OSi.C8H9BO2.C7H4I2N2.C7H5IN2.C7H7N3.CH4/c1-33(2,3)21-20-32-23-31-29-19-17-26(15-14-24-10-6-4-7-11-24)22-27(29)28(30-31)18-16-25-12-8-5-9-13-25;1-3-7-18(8-4-1)11-12-20-14-16-23-21(17-20)22(24-25-23)15-13-19-9-5-2-6-10-19;1-19(2,3)7-6-18-9-17-12-5-4-10(14)8-11(12)13(15)16-17;10-9(11)7-6-8-4-2-1-3-5-8;8-4-1-2-6-5(3-4)7(9)11-10-6;2*8-6-1-2-7-5(3-6)4-9-10-7;/h4-19,22H,20-21,23H2,1-3H3;1-17H,(H,24,25);4-5,8H,6-7,9H2,1-3H3;1-7,10-11H;1-3H,(H,10,11);1-4H,(H,9,10);1-4H,8H2,(H,9,10);1H4/b15-14+,18-16+;12-11+,15-13+;;7-6+;;;;. The Morgan fingerprint density at radius 3 is 1.35 bits per heavy atom. The number of nitrogens with two attached hydrogens (primary N) is 1. The third-order valence-corrected chi connectivity index (χ3v) is 25.1. The molecule has 0 saturated heterocycles. The second-order valence-corrected chi connectivity index (χ2v) is 47.0. The summed E-state index contributed by atoms with van der Waals surface area (Å²) in [5.74, 6) is 1.31. The second-order valence-electron chi connectivity index (χ2n) is 29.9. The van der Waals surface area contributed by atoms with E-state index in [2.05, 4.69) is 398 Å². The van der Waals surface area contributed by atoms with E-state index < -0.39 is 23.3 Å². The maximum absolute atomic E-state index is 8.48. The molecular weight excluding hydrogens is 2090 g/mol. The van der Waals surface area contributed by atoms with Gasteiger partial charge in [0, 0.05) is 78.1 Å². The SMILES string of the molecule is C.C(=C\c1ccc2n[nH]c(/C=C/c3ccccc3)c2c1)/c1ccccc1.C[Si](C)(C)CCOCn1nc(/C=C/c2ccccc2)c2cc(/C=C/c3ccccc3)ccc21.C[Si](C)(C)CCOCn1nc(I)c2cc(I)ccc21.Ic1ccc2[nH]ncc2c1.Ic1ccc2n[nH]c(I)c2c1.Nc1ccc2[nH]ncc2c1.OB(O)/C=C/c1ccccc1. The van der Waals surface area contributed by atoms with Gasteiger partial charge in [-0.1, -0.05) is 259 Å². The zero-order chi connectivity index (χ0) is 83.9. The second kappa shape index (κ2) is 47.2. The quantitative estimate of drug-likeness (QED) is 0.0125. The van der Waals surface area contributed by atoms with Crippen LogP contribution in [0.25, 0.3) is 120 Å². The predicted molar refractivity (Wildman–Crippen MR) is 554 cm³/mol. The molecule has 0 atom stereocenters. The molecule has 0 spiro atoms. The fraction of sp³-hybridized carbons (Fsp3) is 0.137. The van der Waals surface area contributed by atoms with Crippen LogP contribution in [-0.2, 0) is 22.9 Å². The molecule has 0 aliphatic rings. The minimum Gasteiger partial charge on any atom is -0.424 e. The molecule has 0 fully saturated rings. The first-order valence-corrected chi connectivity index (χ1v) is 51.4. The van der Waals surface area contributed by atoms with E-state index in [1.54, 1.807) is 12.3 Å². The number of halogens is 5. The molecule has 8 N–H and O–H groups in total. The van der Waals surface area contributed by atoms with Crippen molar-refractivity contribution in [1.82, 2.24) is 60.4 Å². The van der Waals surface area contributed by atoms with Crippen molar-refractivity contribution in [2.75, 3.05) is 18.9 Å². The van der Waals surface area contributed by atoms with Crippen LogP contribution < -0.4 is 5.73 Å². The molecule has 17 rings (SSSR count). The molecule has 120 heavy (non-hydrogen) atoms. The highest BCUT2D eigenvalue weighted by atomic mass is 127. The van der Waals surface area contributed by atoms with E-state index in [1.165, 1.54) is 55.6 Å². The first-order valence-electron chi connectivity index (χ1n) is 38.6. The molecule has 0 unspecified atom stereocenters. The monoisotopic (exact) mass is 2190 g/mol. The van der Waals surface area contributed by atoms with Crippen LogP contribution in [0.15, 0.2) is 279 Å². The van der Waals surface area contributed by atoms with Crippen LogP contribution in [0, 0.1) is 18.1 Å². The van der Waals surface area contributed by atoms with E-state index in [0.717, 1.165) is 115 Å². The number of fused-ring (bicyclic) bond motifs is 6. The van der Waals surface area contributed by atoms with Crippen LogP contribution in [-0.4, -0.2) is 107 Å². The van der Waals surface area contributed by atoms with Gasteiger partial charge in [-0.25, -0.2) is 9.36 Å². The highest BCUT2D eigenvalue weighted by molar-refractivity contribution is 14.1. The number of aromatic amines is 4. The molecule has 0 saturated carbocycles. The first-order chi connectivity index (χ1) is 57.5. The third-order valence-electron chi connectivity index (χ3n) is 18.1. The Morgan fingerprint density at radius 2 is 0.808 bits per heavy atom. The summed E-state index contributed by atoms with van der Waals surface area (Å²) in [6.07, 6.45) is 22.2. The van der Waals surface area contributed by atoms with Crippen LogP contribution in [0.5, 0.6) is 0 Å². The van der Waals surface area contributed by atoms with E-state index in [1.807, 2.05) is 125 Å². The van der Waals surface area contributed by atoms with Gasteiger partial charge in [-0.05, 0) is 273 Å². The van der Waals surface area contributed by atoms with Crippen molar-refractivity contribution in [2.24, 2.45) is 0 Å². The number of rotatable bonds is 20. The average molecular weight is 2190 g/mol. The molecule has 0 aliphatic heterocycles. The van der Waals surface area contributed by atoms with E-state index >= 15 is 0 Å². The molecule has 612 valence electrons. The lowest BCUT2D eigenvalue weighted by atomic mass is 9.91. The lowest BCUT2D eigenvalue weighted by Crippen LogP contribution is -2.22. The van der Waals surface area contributed by atoms with Crippen molar-refractivity contribution in [2.45, 2.75) is 72.3 Å². The number of H-pyrrole nitrogens is 4. The summed E-state index contributed by atoms with van der Waals surface area (Å²) in [6, 6.07) is 90.4. The molecule has 0 aliphatic carbocycles. The molecular formula is C95H97BI5N13O4Si2. The number of anilines is 1. The number of hydrogen-bond donors (Lipinski definition) is 7. The van der Waals surface area contributed by atoms with Crippen molar-refractivity contribution in [3.8, 4) is 0 Å². The summed E-state index contributed by atoms with van der Waals surface area (Å²) in [4.78, 5) is 0. The topological polar surface area (TPSA) is 235 Å². The smallest absolute Gasteiger partial charge is 0.424 e. The Morgan fingerprint density at radius 1 is 0.400 bits per heavy atom. The number of nitrogens with one attached hydrogen (secondary N) is 4. The van der Waals surface area contributed by atoms with E-state index in [-0.39, 0.29) is 7.43 Å². The van der Waals surface area contributed by atoms with Crippen LogP contribution in [0.1, 0.15) is 57.8 Å². The molecule has 0 amide bonds. The minimum absolute atomic E-state index is 0. The van der Waals surface area contributed by atoms with E-state index in [9.17, 15) is 0 Å². The number of nitrogen functional groups attached to an aromatic ring is 1. The summed E-state index contributed by atoms with van der Waals surface area (Å²) in [5, 5.41) is 61.4. The van der Waals surface area contributed by atoms with Crippen LogP contribution in [0.2, 0.25) is 51.4 Å². The number of ether oxygens (including phenoxy) is 2. The van der Waals surface area contributed by atoms with Crippen LogP contribution in [0.3, 0.4) is 0 Å². The van der Waals surface area contributed by atoms with Gasteiger partial charge in [0.25, 0.3) is 0 Å². The van der Waals surface area contributed by atoms with Gasteiger partial charge in [-0.15, -0.1) is 0 Å². The van der Waals surface area contributed by atoms with Crippen molar-refractivity contribution < 1.29 is 19.5 Å². The summed E-state index contributed by atoms with van der Waals surface area (Å²) in [6.45, 7) is 16.8. The Kier molecular flexibility index (Phi) is 36.6. The Labute approximate surface area is 772 Å². The van der Waals surface area contributed by atoms with Crippen LogP contribution in [0.4, 0.5) is 5.69 Å². The predicted octanol–water partition coefficient (Wildman–Crippen LogP) is 25.6. The fourth-order valence-corrected chi connectivity index (χ4v) is 15.9. The first kappa shape index (κ1) is 93.0. The Hall–Kier alpha value is -9.27. The molecule has 0 bridgehead atoms. The lowest BCUT2D eigenvalue weighted by Gasteiger charge is -2.15. The normalized spacial score (nSPS) is 11.4. The van der Waals surface area contributed by atoms with E-state index in [0.29, 0.717) is 13.5 Å². The third kappa shape index (κ3) is 30.4. The highest BCUT2D eigenvalue weighted by Gasteiger charge is 2.16. The van der Waals surface area contributed by atoms with Gasteiger partial charge in [-0.3, -0.25) is 20.4 Å². The van der Waals surface area contributed by atoms with Gasteiger partial charge >= 0.3 is 7.12 Å². The number of nitrogens with zero attached hydrogens (tertiary/aromatic N) is 8. The summed E-state index contributed by atoms with van der Waals surface area (Å²) >= 11 is 11.4. The van der Waals surface area contributed by atoms with Gasteiger partial charge in [0.2, 0.25) is 0 Å². The number of hydrogen-bond acceptors (Lipinski definition) is 11. The average Bonchev–Trinajstić information content (AvgIpc) is 1.64. The van der Waals surface area contributed by atoms with Crippen molar-refractivity contribution in [1.29, 1.82) is 0 Å².